The number of aromatic nitrogens is 2. The molecule has 0 aliphatic rings. The Balaban J connectivity index is 1.50. The normalized spacial score (nSPS) is 11.6. The minimum Gasteiger partial charge on any atom is -0.322 e. The summed E-state index contributed by atoms with van der Waals surface area (Å²) in [6.07, 6.45) is 0. The highest BCUT2D eigenvalue weighted by molar-refractivity contribution is 7.93. The predicted octanol–water partition coefficient (Wildman–Crippen LogP) is 4.60. The molecule has 0 aliphatic carbocycles. The molecule has 1 amide bonds. The topological polar surface area (TPSA) is 147 Å². The molecule has 0 atom stereocenters. The first-order valence-electron chi connectivity index (χ1n) is 11.1. The fourth-order valence-corrected chi connectivity index (χ4v) is 5.97. The summed E-state index contributed by atoms with van der Waals surface area (Å²) in [5, 5.41) is 2.56. The summed E-state index contributed by atoms with van der Waals surface area (Å²) in [4.78, 5) is 20.6. The molecular weight excluding hydrogens is 550 g/mol. The van der Waals surface area contributed by atoms with E-state index in [-0.39, 0.29) is 26.3 Å². The summed E-state index contributed by atoms with van der Waals surface area (Å²) in [6, 6.07) is 19.2. The third kappa shape index (κ3) is 6.46. The van der Waals surface area contributed by atoms with E-state index in [1.807, 2.05) is 0 Å². The molecule has 0 unspecified atom stereocenters. The molecule has 0 radical (unpaired) electrons. The first-order valence-corrected chi connectivity index (χ1v) is 14.4. The number of carbonyl (C=O) groups is 1. The monoisotopic (exact) mass is 571 g/mol. The van der Waals surface area contributed by atoms with E-state index in [0.717, 1.165) is 6.07 Å². The quantitative estimate of drug-likeness (QED) is 0.280. The summed E-state index contributed by atoms with van der Waals surface area (Å²) < 4.78 is 55.9. The van der Waals surface area contributed by atoms with Gasteiger partial charge < -0.3 is 5.32 Å². The number of rotatable bonds is 8. The summed E-state index contributed by atoms with van der Waals surface area (Å²) in [5.74, 6) is -0.662. The van der Waals surface area contributed by atoms with Crippen LogP contribution in [0.5, 0.6) is 0 Å². The van der Waals surface area contributed by atoms with Crippen LogP contribution in [0.2, 0.25) is 5.02 Å². The Kier molecular flexibility index (Phi) is 7.67. The average molecular weight is 572 g/mol. The van der Waals surface area contributed by atoms with Crippen LogP contribution in [0.3, 0.4) is 0 Å². The molecule has 196 valence electrons. The van der Waals surface area contributed by atoms with Gasteiger partial charge in [0.05, 0.1) is 9.92 Å². The highest BCUT2D eigenvalue weighted by atomic mass is 35.5. The third-order valence-electron chi connectivity index (χ3n) is 5.14. The van der Waals surface area contributed by atoms with Crippen molar-refractivity contribution in [1.29, 1.82) is 0 Å². The van der Waals surface area contributed by atoms with Crippen LogP contribution in [-0.2, 0) is 20.0 Å². The molecule has 0 bridgehead atoms. The molecule has 1 aromatic heterocycles. The number of anilines is 3. The molecule has 4 rings (SSSR count). The number of aryl methyl sites for hydroxylation is 2. The molecule has 0 saturated heterocycles. The highest BCUT2D eigenvalue weighted by Gasteiger charge is 2.21. The van der Waals surface area contributed by atoms with Gasteiger partial charge in [-0.3, -0.25) is 9.52 Å². The van der Waals surface area contributed by atoms with Crippen molar-refractivity contribution in [3.05, 3.63) is 101 Å². The molecule has 10 nitrogen and oxygen atoms in total. The molecule has 1 heterocycles. The van der Waals surface area contributed by atoms with E-state index in [0.29, 0.717) is 22.8 Å². The van der Waals surface area contributed by atoms with E-state index >= 15 is 0 Å². The largest absolute Gasteiger partial charge is 0.322 e. The van der Waals surface area contributed by atoms with Crippen molar-refractivity contribution in [3.63, 3.8) is 0 Å². The van der Waals surface area contributed by atoms with E-state index in [4.69, 9.17) is 11.6 Å². The molecule has 38 heavy (non-hydrogen) atoms. The van der Waals surface area contributed by atoms with Gasteiger partial charge >= 0.3 is 0 Å². The lowest BCUT2D eigenvalue weighted by Gasteiger charge is -2.12. The van der Waals surface area contributed by atoms with Gasteiger partial charge in [0.25, 0.3) is 26.0 Å². The van der Waals surface area contributed by atoms with Crippen LogP contribution >= 0.6 is 11.6 Å². The number of hydrogen-bond acceptors (Lipinski definition) is 7. The van der Waals surface area contributed by atoms with Crippen LogP contribution in [0.1, 0.15) is 21.7 Å². The Morgan fingerprint density at radius 1 is 0.737 bits per heavy atom. The number of nitrogens with one attached hydrogen (secondary N) is 3. The zero-order chi connectivity index (χ0) is 27.5. The number of para-hydroxylation sites is 1. The highest BCUT2D eigenvalue weighted by Crippen LogP contribution is 2.26. The number of hydrogen-bond donors (Lipinski definition) is 3. The zero-order valence-electron chi connectivity index (χ0n) is 20.1. The maximum absolute atomic E-state index is 12.9. The number of halogens is 1. The van der Waals surface area contributed by atoms with Gasteiger partial charge in [0.2, 0.25) is 5.95 Å². The van der Waals surface area contributed by atoms with Crippen LogP contribution in [-0.4, -0.2) is 32.7 Å². The summed E-state index contributed by atoms with van der Waals surface area (Å²) in [5.41, 5.74) is 1.89. The van der Waals surface area contributed by atoms with Crippen LogP contribution in [0.25, 0.3) is 0 Å². The summed E-state index contributed by atoms with van der Waals surface area (Å²) >= 11 is 6.12. The van der Waals surface area contributed by atoms with Gasteiger partial charge in [-0.25, -0.2) is 31.5 Å². The number of carbonyl (C=O) groups excluding carboxylic acids is 1. The first-order chi connectivity index (χ1) is 17.9. The first kappa shape index (κ1) is 27.0. The standard InChI is InChI=1S/C25H22ClN5O5S2/c1-16-14-17(2)28-25(27-16)31-37(33,34)21-11-9-19(10-12-21)29-24(32)18-8-13-22(26)23(15-18)38(35,36)30-20-6-4-3-5-7-20/h3-15,30H,1-2H3,(H,29,32)(H,27,28,31). The second-order valence-corrected chi connectivity index (χ2v) is 11.9. The van der Waals surface area contributed by atoms with E-state index in [1.165, 1.54) is 36.4 Å². The van der Waals surface area contributed by atoms with Crippen LogP contribution in [0.4, 0.5) is 17.3 Å². The lowest BCUT2D eigenvalue weighted by Crippen LogP contribution is -2.17. The van der Waals surface area contributed by atoms with E-state index < -0.39 is 26.0 Å². The number of amides is 1. The SMILES string of the molecule is Cc1cc(C)nc(NS(=O)(=O)c2ccc(NC(=O)c3ccc(Cl)c(S(=O)(=O)Nc4ccccc4)c3)cc2)n1. The Bertz CT molecular complexity index is 1690. The maximum Gasteiger partial charge on any atom is 0.264 e. The molecule has 13 heteroatoms. The van der Waals surface area contributed by atoms with Crippen molar-refractivity contribution in [2.45, 2.75) is 23.6 Å². The molecule has 0 aliphatic heterocycles. The molecular formula is C25H22ClN5O5S2. The summed E-state index contributed by atoms with van der Waals surface area (Å²) in [6.45, 7) is 3.45. The van der Waals surface area contributed by atoms with Crippen molar-refractivity contribution in [3.8, 4) is 0 Å². The molecule has 4 aromatic rings. The van der Waals surface area contributed by atoms with Gasteiger partial charge in [-0.2, -0.15) is 0 Å². The van der Waals surface area contributed by atoms with E-state index in [9.17, 15) is 21.6 Å². The van der Waals surface area contributed by atoms with Gasteiger partial charge in [0.15, 0.2) is 0 Å². The van der Waals surface area contributed by atoms with Crippen molar-refractivity contribution in [2.24, 2.45) is 0 Å². The number of benzene rings is 3. The Morgan fingerprint density at radius 2 is 1.37 bits per heavy atom. The summed E-state index contributed by atoms with van der Waals surface area (Å²) in [7, 11) is -8.04. The van der Waals surface area contributed by atoms with Gasteiger partial charge in [0.1, 0.15) is 4.90 Å². The fourth-order valence-electron chi connectivity index (χ4n) is 3.44. The second kappa shape index (κ2) is 10.8. The molecule has 0 spiro atoms. The van der Waals surface area contributed by atoms with Crippen molar-refractivity contribution in [2.75, 3.05) is 14.8 Å². The number of nitrogens with zero attached hydrogens (tertiary/aromatic N) is 2. The molecule has 0 saturated carbocycles. The van der Waals surface area contributed by atoms with E-state index in [2.05, 4.69) is 24.7 Å². The minimum absolute atomic E-state index is 0.0353. The van der Waals surface area contributed by atoms with Gasteiger partial charge in [-0.15, -0.1) is 0 Å². The molecule has 3 aromatic carbocycles. The minimum atomic E-state index is -4.07. The second-order valence-electron chi connectivity index (χ2n) is 8.18. The van der Waals surface area contributed by atoms with E-state index in [1.54, 1.807) is 50.2 Å². The number of sulfonamides is 2. The Morgan fingerprint density at radius 3 is 2.00 bits per heavy atom. The maximum atomic E-state index is 12.9. The Labute approximate surface area is 225 Å². The molecule has 0 fully saturated rings. The van der Waals surface area contributed by atoms with Crippen molar-refractivity contribution in [1.82, 2.24) is 9.97 Å². The van der Waals surface area contributed by atoms with Crippen LogP contribution in [0.15, 0.2) is 88.7 Å². The fraction of sp³-hybridized carbons (Fsp3) is 0.0800. The third-order valence-corrected chi connectivity index (χ3v) is 8.35. The Hall–Kier alpha value is -4.00. The average Bonchev–Trinajstić information content (AvgIpc) is 2.84. The lowest BCUT2D eigenvalue weighted by atomic mass is 10.2. The zero-order valence-corrected chi connectivity index (χ0v) is 22.5. The van der Waals surface area contributed by atoms with Crippen LogP contribution < -0.4 is 14.8 Å². The smallest absolute Gasteiger partial charge is 0.264 e. The van der Waals surface area contributed by atoms with Crippen molar-refractivity contribution >= 4 is 54.9 Å². The van der Waals surface area contributed by atoms with Gasteiger partial charge in [-0.1, -0.05) is 29.8 Å². The van der Waals surface area contributed by atoms with Crippen molar-refractivity contribution < 1.29 is 21.6 Å². The van der Waals surface area contributed by atoms with Crippen LogP contribution in [0, 0.1) is 13.8 Å². The lowest BCUT2D eigenvalue weighted by molar-refractivity contribution is 0.102. The molecule has 3 N–H and O–H groups in total. The predicted molar refractivity (Wildman–Crippen MR) is 145 cm³/mol. The van der Waals surface area contributed by atoms with Gasteiger partial charge in [0, 0.05) is 28.3 Å². The van der Waals surface area contributed by atoms with Gasteiger partial charge in [-0.05, 0) is 74.5 Å².